The van der Waals surface area contributed by atoms with Gasteiger partial charge in [0.05, 0.1) is 19.3 Å². The lowest BCUT2D eigenvalue weighted by molar-refractivity contribution is 0.0231. The van der Waals surface area contributed by atoms with Gasteiger partial charge in [-0.25, -0.2) is 0 Å². The summed E-state index contributed by atoms with van der Waals surface area (Å²) >= 11 is 5.87. The minimum Gasteiger partial charge on any atom is -0.389 e. The van der Waals surface area contributed by atoms with Crippen LogP contribution in [0.1, 0.15) is 45.6 Å². The molecule has 2 saturated carbocycles. The van der Waals surface area contributed by atoms with Gasteiger partial charge in [0, 0.05) is 17.6 Å². The van der Waals surface area contributed by atoms with Crippen molar-refractivity contribution in [3.05, 3.63) is 34.9 Å². The van der Waals surface area contributed by atoms with Gasteiger partial charge >= 0.3 is 0 Å². The molecular formula is C20H30ClNO2. The van der Waals surface area contributed by atoms with Crippen LogP contribution in [0, 0.1) is 16.7 Å². The summed E-state index contributed by atoms with van der Waals surface area (Å²) in [6, 6.07) is 8.12. The van der Waals surface area contributed by atoms with Crippen LogP contribution in [-0.4, -0.2) is 30.4 Å². The van der Waals surface area contributed by atoms with Gasteiger partial charge in [-0.3, -0.25) is 0 Å². The van der Waals surface area contributed by atoms with E-state index < -0.39 is 6.10 Å². The highest BCUT2D eigenvalue weighted by Gasteiger charge is 2.60. The highest BCUT2D eigenvalue weighted by atomic mass is 35.5. The third-order valence-electron chi connectivity index (χ3n) is 6.89. The molecule has 2 N–H and O–H groups in total. The molecule has 2 aliphatic rings. The SMILES string of the molecule is CC1(C)[C@H]2CC[C@@]1(C)[C@@H](NC[C@@H](O)COCc1ccc(Cl)cc1)C2. The average Bonchev–Trinajstić information content (AvgIpc) is 2.88. The Labute approximate surface area is 150 Å². The molecule has 0 radical (unpaired) electrons. The number of hydrogen-bond donors (Lipinski definition) is 2. The molecule has 0 aromatic heterocycles. The zero-order valence-electron chi connectivity index (χ0n) is 15.0. The molecule has 0 spiro atoms. The molecule has 3 nitrogen and oxygen atoms in total. The first-order valence-corrected chi connectivity index (χ1v) is 9.44. The number of benzene rings is 1. The number of fused-ring (bicyclic) bond motifs is 2. The minimum atomic E-state index is -0.469. The fraction of sp³-hybridized carbons (Fsp3) is 0.700. The normalized spacial score (nSPS) is 32.2. The largest absolute Gasteiger partial charge is 0.389 e. The Bertz CT molecular complexity index is 559. The topological polar surface area (TPSA) is 41.5 Å². The molecular weight excluding hydrogens is 322 g/mol. The molecule has 24 heavy (non-hydrogen) atoms. The van der Waals surface area contributed by atoms with E-state index in [1.165, 1.54) is 19.3 Å². The maximum absolute atomic E-state index is 10.2. The second-order valence-corrected chi connectivity index (χ2v) is 8.80. The second kappa shape index (κ2) is 6.95. The van der Waals surface area contributed by atoms with E-state index in [4.69, 9.17) is 16.3 Å². The van der Waals surface area contributed by atoms with Crippen LogP contribution in [-0.2, 0) is 11.3 Å². The molecule has 134 valence electrons. The van der Waals surface area contributed by atoms with Crippen molar-refractivity contribution in [2.45, 2.75) is 58.8 Å². The lowest BCUT2D eigenvalue weighted by atomic mass is 9.69. The van der Waals surface area contributed by atoms with Crippen LogP contribution < -0.4 is 5.32 Å². The van der Waals surface area contributed by atoms with Gasteiger partial charge < -0.3 is 15.2 Å². The molecule has 0 aliphatic heterocycles. The Morgan fingerprint density at radius 3 is 2.58 bits per heavy atom. The van der Waals surface area contributed by atoms with Crippen molar-refractivity contribution < 1.29 is 9.84 Å². The summed E-state index contributed by atoms with van der Waals surface area (Å²) in [4.78, 5) is 0. The molecule has 1 aromatic rings. The van der Waals surface area contributed by atoms with Crippen molar-refractivity contribution in [1.29, 1.82) is 0 Å². The second-order valence-electron chi connectivity index (χ2n) is 8.37. The van der Waals surface area contributed by atoms with Crippen molar-refractivity contribution in [1.82, 2.24) is 5.32 Å². The van der Waals surface area contributed by atoms with Crippen molar-refractivity contribution in [2.75, 3.05) is 13.2 Å². The molecule has 3 rings (SSSR count). The van der Waals surface area contributed by atoms with Crippen molar-refractivity contribution in [3.63, 3.8) is 0 Å². The summed E-state index contributed by atoms with van der Waals surface area (Å²) < 4.78 is 5.63. The van der Waals surface area contributed by atoms with Gasteiger partial charge in [-0.2, -0.15) is 0 Å². The van der Waals surface area contributed by atoms with Crippen LogP contribution in [0.25, 0.3) is 0 Å². The summed E-state index contributed by atoms with van der Waals surface area (Å²) in [5.74, 6) is 0.818. The lowest BCUT2D eigenvalue weighted by Gasteiger charge is -2.40. The minimum absolute atomic E-state index is 0.349. The summed E-state index contributed by atoms with van der Waals surface area (Å²) in [7, 11) is 0. The first-order chi connectivity index (χ1) is 11.3. The van der Waals surface area contributed by atoms with Crippen molar-refractivity contribution in [3.8, 4) is 0 Å². The monoisotopic (exact) mass is 351 g/mol. The molecule has 4 heteroatoms. The third kappa shape index (κ3) is 3.37. The van der Waals surface area contributed by atoms with E-state index in [9.17, 15) is 5.11 Å². The summed E-state index contributed by atoms with van der Waals surface area (Å²) in [6.45, 7) is 8.71. The quantitative estimate of drug-likeness (QED) is 0.779. The molecule has 2 aliphatic carbocycles. The molecule has 0 saturated heterocycles. The fourth-order valence-electron chi connectivity index (χ4n) is 4.74. The number of rotatable bonds is 7. The van der Waals surface area contributed by atoms with E-state index >= 15 is 0 Å². The molecule has 4 atom stereocenters. The zero-order chi connectivity index (χ0) is 17.4. The molecule has 0 amide bonds. The van der Waals surface area contributed by atoms with Gasteiger partial charge in [0.2, 0.25) is 0 Å². The number of hydrogen-bond acceptors (Lipinski definition) is 3. The molecule has 1 aromatic carbocycles. The summed E-state index contributed by atoms with van der Waals surface area (Å²) in [5, 5.41) is 14.6. The maximum Gasteiger partial charge on any atom is 0.0897 e. The van der Waals surface area contributed by atoms with E-state index in [-0.39, 0.29) is 0 Å². The van der Waals surface area contributed by atoms with Crippen molar-refractivity contribution >= 4 is 11.6 Å². The lowest BCUT2D eigenvalue weighted by Crippen LogP contribution is -2.47. The Kier molecular flexibility index (Phi) is 5.27. The average molecular weight is 352 g/mol. The van der Waals surface area contributed by atoms with Crippen LogP contribution in [0.2, 0.25) is 5.02 Å². The van der Waals surface area contributed by atoms with Gasteiger partial charge in [-0.05, 0) is 53.7 Å². The number of halogens is 1. The van der Waals surface area contributed by atoms with Crippen molar-refractivity contribution in [2.24, 2.45) is 16.7 Å². The van der Waals surface area contributed by atoms with E-state index in [1.807, 2.05) is 24.3 Å². The third-order valence-corrected chi connectivity index (χ3v) is 7.14. The van der Waals surface area contributed by atoms with E-state index in [2.05, 4.69) is 26.1 Å². The van der Waals surface area contributed by atoms with Gasteiger partial charge in [-0.1, -0.05) is 44.5 Å². The highest BCUT2D eigenvalue weighted by molar-refractivity contribution is 6.30. The standard InChI is InChI=1S/C20H30ClNO2/c1-19(2)15-8-9-20(19,3)18(10-15)22-11-17(23)13-24-12-14-4-6-16(21)7-5-14/h4-7,15,17-18,22-23H,8-13H2,1-3H3/t15-,17+,18-,20-/m0/s1. The van der Waals surface area contributed by atoms with E-state index in [1.54, 1.807) is 0 Å². The smallest absolute Gasteiger partial charge is 0.0897 e. The Morgan fingerprint density at radius 2 is 2.00 bits per heavy atom. The molecule has 2 fully saturated rings. The summed E-state index contributed by atoms with van der Waals surface area (Å²) in [5.41, 5.74) is 1.82. The Morgan fingerprint density at radius 1 is 1.29 bits per heavy atom. The van der Waals surface area contributed by atoms with Crippen LogP contribution in [0.15, 0.2) is 24.3 Å². The highest BCUT2D eigenvalue weighted by Crippen LogP contribution is 2.65. The molecule has 0 unspecified atom stereocenters. The van der Waals surface area contributed by atoms with Gasteiger partial charge in [0.1, 0.15) is 0 Å². The van der Waals surface area contributed by atoms with Crippen LogP contribution in [0.5, 0.6) is 0 Å². The number of aliphatic hydroxyl groups is 1. The number of aliphatic hydroxyl groups excluding tert-OH is 1. The predicted octanol–water partition coefficient (Wildman–Crippen LogP) is 4.02. The number of ether oxygens (including phenoxy) is 1. The Balaban J connectivity index is 1.40. The number of nitrogens with one attached hydrogen (secondary N) is 1. The Hall–Kier alpha value is -0.610. The van der Waals surface area contributed by atoms with Crippen LogP contribution in [0.4, 0.5) is 0 Å². The summed E-state index contributed by atoms with van der Waals surface area (Å²) in [6.07, 6.45) is 3.42. The first kappa shape index (κ1) is 18.2. The molecule has 0 heterocycles. The van der Waals surface area contributed by atoms with Crippen LogP contribution >= 0.6 is 11.6 Å². The van der Waals surface area contributed by atoms with Gasteiger partial charge in [0.15, 0.2) is 0 Å². The first-order valence-electron chi connectivity index (χ1n) is 9.06. The fourth-order valence-corrected chi connectivity index (χ4v) is 4.87. The van der Waals surface area contributed by atoms with Gasteiger partial charge in [-0.15, -0.1) is 0 Å². The molecule has 2 bridgehead atoms. The van der Waals surface area contributed by atoms with E-state index in [0.717, 1.165) is 16.5 Å². The maximum atomic E-state index is 10.2. The van der Waals surface area contributed by atoms with E-state index in [0.29, 0.717) is 36.6 Å². The van der Waals surface area contributed by atoms with Gasteiger partial charge in [0.25, 0.3) is 0 Å². The van der Waals surface area contributed by atoms with Crippen LogP contribution in [0.3, 0.4) is 0 Å². The predicted molar refractivity (Wildman–Crippen MR) is 98.1 cm³/mol. The zero-order valence-corrected chi connectivity index (χ0v) is 15.8.